The van der Waals surface area contributed by atoms with Gasteiger partial charge >= 0.3 is 0 Å². The van der Waals surface area contributed by atoms with E-state index in [0.717, 1.165) is 23.4 Å². The zero-order valence-corrected chi connectivity index (χ0v) is 19.2. The van der Waals surface area contributed by atoms with Crippen LogP contribution in [-0.4, -0.2) is 36.0 Å². The first kappa shape index (κ1) is 23.3. The molecule has 2 amide bonds. The van der Waals surface area contributed by atoms with Crippen molar-refractivity contribution in [3.8, 4) is 5.75 Å². The highest BCUT2D eigenvalue weighted by Gasteiger charge is 2.24. The maximum atomic E-state index is 12.9. The van der Waals surface area contributed by atoms with Gasteiger partial charge in [0.25, 0.3) is 5.91 Å². The van der Waals surface area contributed by atoms with Gasteiger partial charge in [-0.2, -0.15) is 0 Å². The van der Waals surface area contributed by atoms with Crippen molar-refractivity contribution in [3.63, 3.8) is 0 Å². The number of carbonyl (C=O) groups excluding carboxylic acids is 2. The van der Waals surface area contributed by atoms with Crippen LogP contribution in [-0.2, 0) is 11.2 Å². The number of hydrogen-bond acceptors (Lipinski definition) is 6. The summed E-state index contributed by atoms with van der Waals surface area (Å²) >= 11 is 1.32. The van der Waals surface area contributed by atoms with Crippen molar-refractivity contribution in [2.75, 3.05) is 12.4 Å². The Morgan fingerprint density at radius 3 is 2.59 bits per heavy atom. The van der Waals surface area contributed by atoms with Crippen molar-refractivity contribution >= 4 is 34.0 Å². The highest BCUT2D eigenvalue weighted by molar-refractivity contribution is 7.14. The van der Waals surface area contributed by atoms with Gasteiger partial charge in [0.15, 0.2) is 5.13 Å². The third-order valence-electron chi connectivity index (χ3n) is 4.96. The van der Waals surface area contributed by atoms with E-state index in [1.807, 2.05) is 68.4 Å². The number of anilines is 2. The van der Waals surface area contributed by atoms with E-state index in [9.17, 15) is 9.59 Å². The summed E-state index contributed by atoms with van der Waals surface area (Å²) in [4.78, 5) is 30.1. The van der Waals surface area contributed by atoms with Gasteiger partial charge in [0.2, 0.25) is 5.91 Å². The molecule has 168 valence electrons. The molecule has 2 aromatic carbocycles. The molecule has 0 bridgehead atoms. The Hall–Kier alpha value is -3.39. The summed E-state index contributed by atoms with van der Waals surface area (Å²) < 4.78 is 5.23. The molecule has 0 aliphatic heterocycles. The molecule has 3 rings (SSSR count). The fourth-order valence-corrected chi connectivity index (χ4v) is 3.71. The minimum atomic E-state index is -0.699. The summed E-state index contributed by atoms with van der Waals surface area (Å²) in [6.07, 6.45) is 1.21. The van der Waals surface area contributed by atoms with Gasteiger partial charge in [-0.1, -0.05) is 43.3 Å². The predicted octanol–water partition coefficient (Wildman–Crippen LogP) is 4.15. The molecule has 1 heterocycles. The lowest BCUT2D eigenvalue weighted by atomic mass is 10.0. The summed E-state index contributed by atoms with van der Waals surface area (Å²) in [5, 5.41) is 11.2. The Morgan fingerprint density at radius 2 is 1.88 bits per heavy atom. The number of aromatic nitrogens is 1. The van der Waals surface area contributed by atoms with Gasteiger partial charge in [-0.3, -0.25) is 9.59 Å². The van der Waals surface area contributed by atoms with Crippen molar-refractivity contribution < 1.29 is 14.3 Å². The number of ether oxygens (including phenoxy) is 1. The van der Waals surface area contributed by atoms with Crippen molar-refractivity contribution in [2.24, 2.45) is 0 Å². The summed E-state index contributed by atoms with van der Waals surface area (Å²) in [5.41, 5.74) is 2.03. The second-order valence-corrected chi connectivity index (χ2v) is 8.29. The van der Waals surface area contributed by atoms with E-state index in [4.69, 9.17) is 4.74 Å². The molecule has 0 radical (unpaired) electrons. The third-order valence-corrected chi connectivity index (χ3v) is 5.72. The molecule has 8 heteroatoms. The highest BCUT2D eigenvalue weighted by atomic mass is 32.1. The Kier molecular flexibility index (Phi) is 8.21. The van der Waals surface area contributed by atoms with E-state index in [2.05, 4.69) is 20.9 Å². The first-order valence-corrected chi connectivity index (χ1v) is 11.4. The van der Waals surface area contributed by atoms with Crippen LogP contribution in [0, 0.1) is 0 Å². The lowest BCUT2D eigenvalue weighted by molar-refractivity contribution is -0.123. The summed E-state index contributed by atoms with van der Waals surface area (Å²) in [7, 11) is 1.61. The van der Waals surface area contributed by atoms with Gasteiger partial charge in [0, 0.05) is 29.6 Å². The Bertz CT molecular complexity index is 1040. The molecule has 0 fully saturated rings. The van der Waals surface area contributed by atoms with Crippen LogP contribution in [0.3, 0.4) is 0 Å². The molecule has 3 N–H and O–H groups in total. The Labute approximate surface area is 192 Å². The van der Waals surface area contributed by atoms with Crippen molar-refractivity contribution in [1.29, 1.82) is 0 Å². The second-order valence-electron chi connectivity index (χ2n) is 7.43. The molecule has 32 heavy (non-hydrogen) atoms. The molecule has 3 aromatic rings. The summed E-state index contributed by atoms with van der Waals surface area (Å²) in [6.45, 7) is 3.94. The number of rotatable bonds is 10. The number of thiazole rings is 1. The number of carbonyl (C=O) groups is 2. The van der Waals surface area contributed by atoms with Gasteiger partial charge in [-0.15, -0.1) is 11.3 Å². The molecule has 7 nitrogen and oxygen atoms in total. The van der Waals surface area contributed by atoms with E-state index >= 15 is 0 Å². The van der Waals surface area contributed by atoms with Gasteiger partial charge in [-0.25, -0.2) is 4.98 Å². The number of nitrogens with one attached hydrogen (secondary N) is 3. The van der Waals surface area contributed by atoms with E-state index in [-0.39, 0.29) is 23.6 Å². The third kappa shape index (κ3) is 6.55. The molecular weight excluding hydrogens is 424 g/mol. The zero-order chi connectivity index (χ0) is 22.9. The molecule has 2 atom stereocenters. The minimum Gasteiger partial charge on any atom is -0.497 e. The minimum absolute atomic E-state index is 0.0237. The van der Waals surface area contributed by atoms with E-state index in [0.29, 0.717) is 11.6 Å². The summed E-state index contributed by atoms with van der Waals surface area (Å²) in [5.74, 6) is 0.127. The number of hydrogen-bond donors (Lipinski definition) is 3. The van der Waals surface area contributed by atoms with Gasteiger partial charge in [0.1, 0.15) is 17.5 Å². The Balaban J connectivity index is 1.70. The summed E-state index contributed by atoms with van der Waals surface area (Å²) in [6, 6.07) is 16.4. The van der Waals surface area contributed by atoms with Crippen LogP contribution in [0.25, 0.3) is 0 Å². The molecule has 0 saturated carbocycles. The van der Waals surface area contributed by atoms with Crippen molar-refractivity contribution in [3.05, 3.63) is 71.2 Å². The average Bonchev–Trinajstić information content (AvgIpc) is 3.27. The lowest BCUT2D eigenvalue weighted by Crippen LogP contribution is -2.50. The predicted molar refractivity (Wildman–Crippen MR) is 128 cm³/mol. The molecule has 1 aromatic heterocycles. The molecule has 0 saturated heterocycles. The maximum absolute atomic E-state index is 12.9. The fraction of sp³-hybridized carbons (Fsp3) is 0.292. The first-order chi connectivity index (χ1) is 15.5. The highest BCUT2D eigenvalue weighted by Crippen LogP contribution is 2.24. The number of benzene rings is 2. The first-order valence-electron chi connectivity index (χ1n) is 10.5. The van der Waals surface area contributed by atoms with Gasteiger partial charge in [0.05, 0.1) is 7.11 Å². The zero-order valence-electron chi connectivity index (χ0n) is 18.4. The van der Waals surface area contributed by atoms with E-state index in [1.54, 1.807) is 12.5 Å². The topological polar surface area (TPSA) is 92.4 Å². The maximum Gasteiger partial charge on any atom is 0.271 e. The average molecular weight is 453 g/mol. The fourth-order valence-electron chi connectivity index (χ4n) is 3.00. The van der Waals surface area contributed by atoms with Crippen LogP contribution < -0.4 is 20.7 Å². The molecule has 0 unspecified atom stereocenters. The van der Waals surface area contributed by atoms with E-state index < -0.39 is 6.04 Å². The molecule has 0 aliphatic carbocycles. The van der Waals surface area contributed by atoms with Crippen LogP contribution in [0.2, 0.25) is 0 Å². The standard InChI is InChI=1S/C24H28N4O3S/c1-4-16(2)25-22(29)20(13-17-9-6-5-7-10-17)27-23(30)21-15-32-24(28-21)26-18-11-8-12-19(14-18)31-3/h5-12,14-16,20H,4,13H2,1-3H3,(H,25,29)(H,26,28)(H,27,30)/t16-,20-/m1/s1. The van der Waals surface area contributed by atoms with Crippen LogP contribution in [0.15, 0.2) is 60.0 Å². The quantitative estimate of drug-likeness (QED) is 0.430. The van der Waals surface area contributed by atoms with Crippen LogP contribution in [0.5, 0.6) is 5.75 Å². The smallest absolute Gasteiger partial charge is 0.271 e. The van der Waals surface area contributed by atoms with Gasteiger partial charge in [-0.05, 0) is 31.0 Å². The molecule has 0 spiro atoms. The Morgan fingerprint density at radius 1 is 1.09 bits per heavy atom. The normalized spacial score (nSPS) is 12.5. The van der Waals surface area contributed by atoms with E-state index in [1.165, 1.54) is 11.3 Å². The number of nitrogens with zero attached hydrogens (tertiary/aromatic N) is 1. The van der Waals surface area contributed by atoms with Crippen molar-refractivity contribution in [2.45, 2.75) is 38.8 Å². The number of amides is 2. The monoisotopic (exact) mass is 452 g/mol. The van der Waals surface area contributed by atoms with Gasteiger partial charge < -0.3 is 20.7 Å². The second kappa shape index (κ2) is 11.3. The largest absolute Gasteiger partial charge is 0.497 e. The number of methoxy groups -OCH3 is 1. The molecular formula is C24H28N4O3S. The lowest BCUT2D eigenvalue weighted by Gasteiger charge is -2.20. The molecule has 0 aliphatic rings. The SMILES string of the molecule is CC[C@@H](C)NC(=O)[C@@H](Cc1ccccc1)NC(=O)c1csc(Nc2cccc(OC)c2)n1. The van der Waals surface area contributed by atoms with Crippen LogP contribution in [0.4, 0.5) is 10.8 Å². The van der Waals surface area contributed by atoms with Crippen LogP contribution >= 0.6 is 11.3 Å². The van der Waals surface area contributed by atoms with Crippen LogP contribution in [0.1, 0.15) is 36.3 Å². The van der Waals surface area contributed by atoms with Crippen molar-refractivity contribution in [1.82, 2.24) is 15.6 Å².